The van der Waals surface area contributed by atoms with Crippen LogP contribution < -0.4 is 0 Å². The number of para-hydroxylation sites is 1. The van der Waals surface area contributed by atoms with E-state index in [2.05, 4.69) is 4.98 Å². The van der Waals surface area contributed by atoms with E-state index in [-0.39, 0.29) is 11.7 Å². The standard InChI is InChI=1S/C15H19NO3S2/c1-3-4-10-19-21(17,18)11-9-12(2)15-16-13-7-5-6-8-14(13)20-15/h4-8,10,12H,3,9,11H2,1-2H3. The van der Waals surface area contributed by atoms with E-state index in [1.54, 1.807) is 17.4 Å². The number of aromatic nitrogens is 1. The highest BCUT2D eigenvalue weighted by atomic mass is 32.2. The van der Waals surface area contributed by atoms with Gasteiger partial charge in [0.25, 0.3) is 0 Å². The van der Waals surface area contributed by atoms with Crippen molar-refractivity contribution in [2.24, 2.45) is 0 Å². The van der Waals surface area contributed by atoms with Crippen LogP contribution in [0.2, 0.25) is 0 Å². The molecule has 1 atom stereocenters. The van der Waals surface area contributed by atoms with Crippen molar-refractivity contribution in [1.82, 2.24) is 4.98 Å². The van der Waals surface area contributed by atoms with Crippen LogP contribution >= 0.6 is 11.3 Å². The first kappa shape index (κ1) is 16.0. The molecule has 1 heterocycles. The molecule has 4 nitrogen and oxygen atoms in total. The molecule has 1 aromatic heterocycles. The summed E-state index contributed by atoms with van der Waals surface area (Å²) in [6, 6.07) is 7.93. The predicted octanol–water partition coefficient (Wildman–Crippen LogP) is 4.06. The van der Waals surface area contributed by atoms with E-state index in [0.717, 1.165) is 21.6 Å². The van der Waals surface area contributed by atoms with E-state index < -0.39 is 10.1 Å². The van der Waals surface area contributed by atoms with Gasteiger partial charge in [-0.3, -0.25) is 0 Å². The number of fused-ring (bicyclic) bond motifs is 1. The van der Waals surface area contributed by atoms with Crippen molar-refractivity contribution < 1.29 is 12.6 Å². The molecule has 1 aromatic carbocycles. The molecule has 1 unspecified atom stereocenters. The zero-order valence-electron chi connectivity index (χ0n) is 12.2. The van der Waals surface area contributed by atoms with Gasteiger partial charge in [0.15, 0.2) is 0 Å². The van der Waals surface area contributed by atoms with E-state index in [1.165, 1.54) is 6.26 Å². The Hall–Kier alpha value is -1.40. The molecule has 6 heteroatoms. The normalized spacial score (nSPS) is 13.8. The van der Waals surface area contributed by atoms with Crippen molar-refractivity contribution in [2.75, 3.05) is 5.75 Å². The monoisotopic (exact) mass is 325 g/mol. The van der Waals surface area contributed by atoms with Gasteiger partial charge in [-0.25, -0.2) is 4.98 Å². The molecule has 0 N–H and O–H groups in total. The Morgan fingerprint density at radius 3 is 2.86 bits per heavy atom. The summed E-state index contributed by atoms with van der Waals surface area (Å²) in [6.07, 6.45) is 4.17. The molecule has 0 aliphatic heterocycles. The lowest BCUT2D eigenvalue weighted by atomic mass is 10.1. The summed E-state index contributed by atoms with van der Waals surface area (Å²) in [4.78, 5) is 4.56. The lowest BCUT2D eigenvalue weighted by Gasteiger charge is -2.08. The van der Waals surface area contributed by atoms with Gasteiger partial charge in [0, 0.05) is 5.92 Å². The van der Waals surface area contributed by atoms with Crippen LogP contribution in [-0.2, 0) is 14.3 Å². The highest BCUT2D eigenvalue weighted by molar-refractivity contribution is 7.86. The number of hydrogen-bond donors (Lipinski definition) is 0. The first-order valence-corrected chi connectivity index (χ1v) is 9.32. The summed E-state index contributed by atoms with van der Waals surface area (Å²) in [5.41, 5.74) is 0.967. The van der Waals surface area contributed by atoms with Crippen LogP contribution in [0.1, 0.15) is 37.6 Å². The molecular formula is C15H19NO3S2. The number of thiazole rings is 1. The van der Waals surface area contributed by atoms with Crippen LogP contribution in [0, 0.1) is 0 Å². The van der Waals surface area contributed by atoms with Gasteiger partial charge in [0.2, 0.25) is 0 Å². The molecule has 0 bridgehead atoms. The smallest absolute Gasteiger partial charge is 0.308 e. The third kappa shape index (κ3) is 4.54. The van der Waals surface area contributed by atoms with Crippen LogP contribution in [0.5, 0.6) is 0 Å². The number of allylic oxidation sites excluding steroid dienone is 1. The fraction of sp³-hybridized carbons (Fsp3) is 0.400. The Morgan fingerprint density at radius 2 is 2.14 bits per heavy atom. The topological polar surface area (TPSA) is 56.3 Å². The molecule has 2 aromatic rings. The highest BCUT2D eigenvalue weighted by Crippen LogP contribution is 2.29. The predicted molar refractivity (Wildman–Crippen MR) is 87.0 cm³/mol. The van der Waals surface area contributed by atoms with Crippen molar-refractivity contribution in [3.05, 3.63) is 41.6 Å². The molecule has 0 saturated carbocycles. The Bertz CT molecular complexity index is 686. The Labute approximate surface area is 129 Å². The van der Waals surface area contributed by atoms with Gasteiger partial charge in [0.1, 0.15) is 6.26 Å². The zero-order chi connectivity index (χ0) is 15.3. The summed E-state index contributed by atoms with van der Waals surface area (Å²) in [5, 5.41) is 0.968. The van der Waals surface area contributed by atoms with Gasteiger partial charge in [-0.05, 0) is 31.1 Å². The Balaban J connectivity index is 1.98. The molecule has 0 saturated heterocycles. The minimum atomic E-state index is -3.50. The van der Waals surface area contributed by atoms with Gasteiger partial charge < -0.3 is 4.18 Å². The van der Waals surface area contributed by atoms with Gasteiger partial charge in [-0.1, -0.05) is 26.0 Å². The summed E-state index contributed by atoms with van der Waals surface area (Å²) < 4.78 is 29.4. The maximum Gasteiger partial charge on any atom is 0.308 e. The summed E-state index contributed by atoms with van der Waals surface area (Å²) in [5.74, 6) is 0.0916. The van der Waals surface area contributed by atoms with E-state index in [9.17, 15) is 8.42 Å². The van der Waals surface area contributed by atoms with Crippen molar-refractivity contribution in [3.8, 4) is 0 Å². The first-order chi connectivity index (χ1) is 10.0. The van der Waals surface area contributed by atoms with Gasteiger partial charge in [0.05, 0.1) is 21.0 Å². The van der Waals surface area contributed by atoms with Gasteiger partial charge >= 0.3 is 10.1 Å². The Kier molecular flexibility index (Phi) is 5.36. The molecule has 0 fully saturated rings. The van der Waals surface area contributed by atoms with Crippen LogP contribution in [0.25, 0.3) is 10.2 Å². The largest absolute Gasteiger partial charge is 0.391 e. The quantitative estimate of drug-likeness (QED) is 0.569. The number of benzene rings is 1. The van der Waals surface area contributed by atoms with Crippen molar-refractivity contribution in [1.29, 1.82) is 0 Å². The zero-order valence-corrected chi connectivity index (χ0v) is 13.8. The van der Waals surface area contributed by atoms with Gasteiger partial charge in [-0.2, -0.15) is 8.42 Å². The maximum atomic E-state index is 11.7. The van der Waals surface area contributed by atoms with Crippen LogP contribution in [0.15, 0.2) is 36.6 Å². The van der Waals surface area contributed by atoms with Crippen LogP contribution in [0.3, 0.4) is 0 Å². The molecule has 21 heavy (non-hydrogen) atoms. The lowest BCUT2D eigenvalue weighted by molar-refractivity contribution is 0.439. The number of nitrogens with zero attached hydrogens (tertiary/aromatic N) is 1. The highest BCUT2D eigenvalue weighted by Gasteiger charge is 2.17. The summed E-state index contributed by atoms with van der Waals surface area (Å²) in [7, 11) is -3.50. The second kappa shape index (κ2) is 7.04. The maximum absolute atomic E-state index is 11.7. The fourth-order valence-electron chi connectivity index (χ4n) is 1.81. The van der Waals surface area contributed by atoms with E-state index >= 15 is 0 Å². The molecule has 0 amide bonds. The minimum Gasteiger partial charge on any atom is -0.391 e. The molecule has 0 spiro atoms. The van der Waals surface area contributed by atoms with Crippen LogP contribution in [0.4, 0.5) is 0 Å². The van der Waals surface area contributed by atoms with Gasteiger partial charge in [-0.15, -0.1) is 11.3 Å². The summed E-state index contributed by atoms with van der Waals surface area (Å²) >= 11 is 1.62. The Morgan fingerprint density at radius 1 is 1.38 bits per heavy atom. The minimum absolute atomic E-state index is 0.00184. The molecule has 114 valence electrons. The molecule has 0 radical (unpaired) electrons. The van der Waals surface area contributed by atoms with E-state index in [0.29, 0.717) is 6.42 Å². The lowest BCUT2D eigenvalue weighted by Crippen LogP contribution is -2.10. The number of rotatable bonds is 7. The average molecular weight is 325 g/mol. The van der Waals surface area contributed by atoms with Crippen molar-refractivity contribution in [3.63, 3.8) is 0 Å². The van der Waals surface area contributed by atoms with E-state index in [1.807, 2.05) is 38.1 Å². The molecule has 2 rings (SSSR count). The second-order valence-electron chi connectivity index (χ2n) is 4.85. The third-order valence-corrected chi connectivity index (χ3v) is 5.47. The van der Waals surface area contributed by atoms with Crippen molar-refractivity contribution >= 4 is 31.7 Å². The van der Waals surface area contributed by atoms with Crippen LogP contribution in [-0.4, -0.2) is 19.2 Å². The summed E-state index contributed by atoms with van der Waals surface area (Å²) in [6.45, 7) is 3.91. The fourth-order valence-corrected chi connectivity index (χ4v) is 3.85. The second-order valence-corrected chi connectivity index (χ2v) is 7.63. The molecule has 0 aliphatic carbocycles. The number of hydrogen-bond acceptors (Lipinski definition) is 5. The third-order valence-electron chi connectivity index (χ3n) is 3.07. The molecular weight excluding hydrogens is 306 g/mol. The van der Waals surface area contributed by atoms with Crippen molar-refractivity contribution in [2.45, 2.75) is 32.6 Å². The first-order valence-electron chi connectivity index (χ1n) is 6.93. The molecule has 0 aliphatic rings. The SMILES string of the molecule is CCC=COS(=O)(=O)CCC(C)c1nc2ccccc2s1. The van der Waals surface area contributed by atoms with E-state index in [4.69, 9.17) is 4.18 Å². The average Bonchev–Trinajstić information content (AvgIpc) is 2.89.